The van der Waals surface area contributed by atoms with E-state index < -0.39 is 12.0 Å². The van der Waals surface area contributed by atoms with Crippen molar-refractivity contribution in [3.63, 3.8) is 0 Å². The molecule has 1 saturated heterocycles. The molecule has 182 valence electrons. The molecule has 3 unspecified atom stereocenters. The van der Waals surface area contributed by atoms with Gasteiger partial charge in [-0.05, 0) is 44.1 Å². The van der Waals surface area contributed by atoms with Crippen LogP contribution < -0.4 is 16.2 Å². The van der Waals surface area contributed by atoms with E-state index in [0.29, 0.717) is 18.0 Å². The minimum atomic E-state index is -0.767. The average molecular weight is 467 g/mol. The van der Waals surface area contributed by atoms with Crippen molar-refractivity contribution in [2.75, 3.05) is 11.9 Å². The van der Waals surface area contributed by atoms with Gasteiger partial charge in [0.15, 0.2) is 0 Å². The Balaban J connectivity index is 1.24. The van der Waals surface area contributed by atoms with E-state index in [-0.39, 0.29) is 30.5 Å². The predicted molar refractivity (Wildman–Crippen MR) is 128 cm³/mol. The van der Waals surface area contributed by atoms with Gasteiger partial charge in [-0.25, -0.2) is 9.78 Å². The number of nitrogens with one attached hydrogen (secondary N) is 2. The number of benzene rings is 1. The smallest absolute Gasteiger partial charge is 0.329 e. The summed E-state index contributed by atoms with van der Waals surface area (Å²) in [4.78, 5) is 30.4. The lowest BCUT2D eigenvalue weighted by Crippen LogP contribution is -2.43. The first-order chi connectivity index (χ1) is 16.6. The normalized spacial score (nSPS) is 25.9. The fourth-order valence-electron chi connectivity index (χ4n) is 5.37. The Hall–Kier alpha value is -2.71. The standard InChI is InChI=1S/C26H34N4O4/c1-17(26(32)33-15-18-8-4-2-5-9-18)30-16-28-21-13-12-20(29-23(21)25(30)31)22-14-27-24(34-22)19-10-6-3-7-11-19/h2,4-5,8-9,16-17,19-20,22,24,27,29H,3,6-7,10-15H2,1H3/t17-,20?,22?,24?/m1/s1. The van der Waals surface area contributed by atoms with Gasteiger partial charge in [-0.3, -0.25) is 14.7 Å². The molecule has 2 N–H and O–H groups in total. The fourth-order valence-corrected chi connectivity index (χ4v) is 5.37. The van der Waals surface area contributed by atoms with Crippen molar-refractivity contribution < 1.29 is 14.3 Å². The zero-order valence-corrected chi connectivity index (χ0v) is 19.7. The van der Waals surface area contributed by atoms with Gasteiger partial charge in [-0.2, -0.15) is 0 Å². The van der Waals surface area contributed by atoms with Gasteiger partial charge in [0.25, 0.3) is 5.56 Å². The number of aromatic nitrogens is 2. The van der Waals surface area contributed by atoms with Crippen LogP contribution in [0.4, 0.5) is 5.69 Å². The van der Waals surface area contributed by atoms with Crippen molar-refractivity contribution in [2.45, 2.75) is 82.9 Å². The number of anilines is 1. The first-order valence-corrected chi connectivity index (χ1v) is 12.6. The van der Waals surface area contributed by atoms with Gasteiger partial charge in [0.05, 0.1) is 24.2 Å². The largest absolute Gasteiger partial charge is 0.459 e. The number of nitrogens with zero attached hydrogens (tertiary/aromatic N) is 2. The molecule has 0 radical (unpaired) electrons. The second-order valence-corrected chi connectivity index (χ2v) is 9.74. The molecule has 5 rings (SSSR count). The van der Waals surface area contributed by atoms with Gasteiger partial charge in [0.2, 0.25) is 0 Å². The molecule has 1 aromatic heterocycles. The molecule has 3 heterocycles. The van der Waals surface area contributed by atoms with E-state index in [4.69, 9.17) is 9.47 Å². The number of hydrogen-bond donors (Lipinski definition) is 2. The summed E-state index contributed by atoms with van der Waals surface area (Å²) >= 11 is 0. The van der Waals surface area contributed by atoms with Crippen LogP contribution >= 0.6 is 0 Å². The fraction of sp³-hybridized carbons (Fsp3) is 0.577. The van der Waals surface area contributed by atoms with Crippen molar-refractivity contribution in [2.24, 2.45) is 5.92 Å². The number of hydrogen-bond acceptors (Lipinski definition) is 7. The summed E-state index contributed by atoms with van der Waals surface area (Å²) in [6, 6.07) is 8.77. The highest BCUT2D eigenvalue weighted by Gasteiger charge is 2.38. The van der Waals surface area contributed by atoms with Gasteiger partial charge in [0.1, 0.15) is 24.6 Å². The molecule has 2 aliphatic heterocycles. The molecular formula is C26H34N4O4. The number of carbonyl (C=O) groups excluding carboxylic acids is 1. The van der Waals surface area contributed by atoms with Crippen LogP contribution in [0, 0.1) is 5.92 Å². The Morgan fingerprint density at radius 1 is 1.21 bits per heavy atom. The van der Waals surface area contributed by atoms with E-state index in [1.54, 1.807) is 6.92 Å². The average Bonchev–Trinajstić information content (AvgIpc) is 3.39. The zero-order chi connectivity index (χ0) is 23.5. The first-order valence-electron chi connectivity index (χ1n) is 12.6. The highest BCUT2D eigenvalue weighted by Crippen LogP contribution is 2.31. The minimum Gasteiger partial charge on any atom is -0.459 e. The first kappa shape index (κ1) is 23.1. The summed E-state index contributed by atoms with van der Waals surface area (Å²) in [5.74, 6) is 0.120. The lowest BCUT2D eigenvalue weighted by atomic mass is 9.88. The van der Waals surface area contributed by atoms with Gasteiger partial charge in [0, 0.05) is 6.54 Å². The van der Waals surface area contributed by atoms with E-state index in [2.05, 4.69) is 15.6 Å². The molecule has 1 saturated carbocycles. The molecule has 8 nitrogen and oxygen atoms in total. The second kappa shape index (κ2) is 10.3. The van der Waals surface area contributed by atoms with Crippen molar-refractivity contribution in [1.29, 1.82) is 0 Å². The topological polar surface area (TPSA) is 94.5 Å². The van der Waals surface area contributed by atoms with Gasteiger partial charge in [-0.1, -0.05) is 49.6 Å². The van der Waals surface area contributed by atoms with Crippen LogP contribution in [-0.2, 0) is 27.3 Å². The Morgan fingerprint density at radius 2 is 2.00 bits per heavy atom. The molecular weight excluding hydrogens is 432 g/mol. The molecule has 0 amide bonds. The minimum absolute atomic E-state index is 0.0152. The van der Waals surface area contributed by atoms with Crippen molar-refractivity contribution in [1.82, 2.24) is 14.9 Å². The van der Waals surface area contributed by atoms with Crippen LogP contribution in [0.5, 0.6) is 0 Å². The summed E-state index contributed by atoms with van der Waals surface area (Å²) in [6.07, 6.45) is 9.49. The van der Waals surface area contributed by atoms with Crippen LogP contribution in [0.1, 0.15) is 62.7 Å². The summed E-state index contributed by atoms with van der Waals surface area (Å²) in [7, 11) is 0. The SMILES string of the molecule is C[C@H](C(=O)OCc1ccccc1)n1cnc2c(c1=O)NC(C1CNC(C3CCCCC3)O1)CC2. The number of esters is 1. The Kier molecular flexibility index (Phi) is 6.97. The maximum atomic E-state index is 13.3. The summed E-state index contributed by atoms with van der Waals surface area (Å²) in [5, 5.41) is 6.97. The number of rotatable bonds is 6. The zero-order valence-electron chi connectivity index (χ0n) is 19.7. The highest BCUT2D eigenvalue weighted by molar-refractivity contribution is 5.74. The molecule has 2 fully saturated rings. The van der Waals surface area contributed by atoms with Crippen LogP contribution in [-0.4, -0.2) is 40.4 Å². The third kappa shape index (κ3) is 4.88. The third-order valence-corrected chi connectivity index (χ3v) is 7.45. The molecule has 4 atom stereocenters. The van der Waals surface area contributed by atoms with E-state index in [9.17, 15) is 9.59 Å². The third-order valence-electron chi connectivity index (χ3n) is 7.45. The molecule has 34 heavy (non-hydrogen) atoms. The highest BCUT2D eigenvalue weighted by atomic mass is 16.5. The lowest BCUT2D eigenvalue weighted by Gasteiger charge is -2.31. The summed E-state index contributed by atoms with van der Waals surface area (Å²) < 4.78 is 13.2. The molecule has 8 heteroatoms. The van der Waals surface area contributed by atoms with Crippen molar-refractivity contribution in [3.05, 3.63) is 58.3 Å². The number of carbonyl (C=O) groups is 1. The van der Waals surface area contributed by atoms with Crippen LogP contribution in [0.2, 0.25) is 0 Å². The molecule has 1 aliphatic carbocycles. The molecule has 0 bridgehead atoms. The monoisotopic (exact) mass is 466 g/mol. The summed E-state index contributed by atoms with van der Waals surface area (Å²) in [6.45, 7) is 2.62. The molecule has 0 spiro atoms. The quantitative estimate of drug-likeness (QED) is 0.632. The van der Waals surface area contributed by atoms with E-state index in [0.717, 1.165) is 24.2 Å². The molecule has 2 aromatic rings. The Morgan fingerprint density at radius 3 is 2.79 bits per heavy atom. The van der Waals surface area contributed by atoms with Crippen molar-refractivity contribution in [3.8, 4) is 0 Å². The van der Waals surface area contributed by atoms with Crippen LogP contribution in [0.15, 0.2) is 41.5 Å². The van der Waals surface area contributed by atoms with Crippen LogP contribution in [0.3, 0.4) is 0 Å². The van der Waals surface area contributed by atoms with E-state index >= 15 is 0 Å². The molecule has 3 aliphatic rings. The second-order valence-electron chi connectivity index (χ2n) is 9.74. The number of ether oxygens (including phenoxy) is 2. The van der Waals surface area contributed by atoms with Crippen molar-refractivity contribution >= 4 is 11.7 Å². The molecule has 1 aromatic carbocycles. The van der Waals surface area contributed by atoms with Gasteiger partial charge < -0.3 is 14.8 Å². The van der Waals surface area contributed by atoms with E-state index in [1.165, 1.54) is 43.0 Å². The lowest BCUT2D eigenvalue weighted by molar-refractivity contribution is -0.148. The van der Waals surface area contributed by atoms with E-state index in [1.807, 2.05) is 30.3 Å². The maximum Gasteiger partial charge on any atom is 0.329 e. The number of aryl methyl sites for hydroxylation is 1. The maximum absolute atomic E-state index is 13.3. The Bertz CT molecular complexity index is 1050. The number of fused-ring (bicyclic) bond motifs is 1. The van der Waals surface area contributed by atoms with Crippen LogP contribution in [0.25, 0.3) is 0 Å². The summed E-state index contributed by atoms with van der Waals surface area (Å²) in [5.41, 5.74) is 1.89. The predicted octanol–water partition coefficient (Wildman–Crippen LogP) is 3.17. The van der Waals surface area contributed by atoms with Gasteiger partial charge >= 0.3 is 5.97 Å². The van der Waals surface area contributed by atoms with Gasteiger partial charge in [-0.15, -0.1) is 0 Å². The Labute approximate surface area is 200 Å².